The topological polar surface area (TPSA) is 109 Å². The molecule has 2 aromatic heterocycles. The SMILES string of the molecule is N#Cc1ccc(N(c2ccc(C#N)cc2)c2ccc3c(c2)c2cc(N(c4ccccc4)c4ccccc4)ccc2n3-c2ccc(-c3ccc(-c4cc(-c5ccccc5)nc(-c5ccccc5)n4)cc3)c(C#N)c2)cc1. The fraction of sp³-hybridized carbons (Fsp3) is 0. The van der Waals surface area contributed by atoms with E-state index in [2.05, 4.69) is 160 Å². The Kier molecular flexibility index (Phi) is 11.9. The minimum Gasteiger partial charge on any atom is -0.310 e. The molecule has 0 fully saturated rings. The summed E-state index contributed by atoms with van der Waals surface area (Å²) in [4.78, 5) is 14.4. The molecule has 0 aliphatic rings. The molecule has 12 aromatic rings. The van der Waals surface area contributed by atoms with Crippen molar-refractivity contribution in [1.82, 2.24) is 14.5 Å². The van der Waals surface area contributed by atoms with E-state index in [0.717, 1.165) is 101 Å². The van der Waals surface area contributed by atoms with Crippen LogP contribution in [0.3, 0.4) is 0 Å². The minimum atomic E-state index is 0.537. The molecule has 0 unspecified atom stereocenters. The molecule has 0 N–H and O–H groups in total. The van der Waals surface area contributed by atoms with Gasteiger partial charge in [-0.25, -0.2) is 9.97 Å². The lowest BCUT2D eigenvalue weighted by atomic mass is 9.97. The molecule has 8 heteroatoms. The molecular formula is C67H42N8. The number of anilines is 6. The van der Waals surface area contributed by atoms with Gasteiger partial charge in [0.15, 0.2) is 5.82 Å². The first-order valence-electron chi connectivity index (χ1n) is 24.5. The summed E-state index contributed by atoms with van der Waals surface area (Å²) in [5.41, 5.74) is 16.3. The number of fused-ring (bicyclic) bond motifs is 3. The number of rotatable bonds is 11. The van der Waals surface area contributed by atoms with Gasteiger partial charge in [-0.3, -0.25) is 0 Å². The van der Waals surface area contributed by atoms with Crippen LogP contribution in [0.1, 0.15) is 16.7 Å². The molecule has 0 saturated carbocycles. The van der Waals surface area contributed by atoms with E-state index in [0.29, 0.717) is 22.5 Å². The van der Waals surface area contributed by atoms with Gasteiger partial charge in [-0.1, -0.05) is 127 Å². The van der Waals surface area contributed by atoms with Crippen LogP contribution in [0.4, 0.5) is 34.1 Å². The van der Waals surface area contributed by atoms with Crippen LogP contribution in [0, 0.1) is 34.0 Å². The molecule has 2 heterocycles. The van der Waals surface area contributed by atoms with Crippen LogP contribution < -0.4 is 9.80 Å². The molecule has 0 saturated heterocycles. The fourth-order valence-electron chi connectivity index (χ4n) is 9.88. The molecular weight excluding hydrogens is 917 g/mol. The van der Waals surface area contributed by atoms with Crippen molar-refractivity contribution in [2.75, 3.05) is 9.80 Å². The summed E-state index contributed by atoms with van der Waals surface area (Å²) in [5.74, 6) is 0.649. The Labute approximate surface area is 434 Å². The average molecular weight is 959 g/mol. The molecule has 0 radical (unpaired) electrons. The maximum atomic E-state index is 10.9. The second-order valence-corrected chi connectivity index (χ2v) is 18.0. The second kappa shape index (κ2) is 19.7. The van der Waals surface area contributed by atoms with E-state index in [9.17, 15) is 15.8 Å². The van der Waals surface area contributed by atoms with Crippen LogP contribution in [0.15, 0.2) is 255 Å². The van der Waals surface area contributed by atoms with Crippen LogP contribution in [0.25, 0.3) is 72.5 Å². The summed E-state index contributed by atoms with van der Waals surface area (Å²) in [6.07, 6.45) is 0. The molecule has 75 heavy (non-hydrogen) atoms. The Hall–Kier alpha value is -10.9. The Morgan fingerprint density at radius 2 is 0.747 bits per heavy atom. The third-order valence-corrected chi connectivity index (χ3v) is 13.5. The first kappa shape index (κ1) is 45.3. The molecule has 350 valence electrons. The van der Waals surface area contributed by atoms with Crippen molar-refractivity contribution in [2.45, 2.75) is 0 Å². The maximum Gasteiger partial charge on any atom is 0.160 e. The van der Waals surface area contributed by atoms with Crippen LogP contribution in [-0.4, -0.2) is 14.5 Å². The Bertz CT molecular complexity index is 4020. The van der Waals surface area contributed by atoms with E-state index < -0.39 is 0 Å². The quantitative estimate of drug-likeness (QED) is 0.127. The minimum absolute atomic E-state index is 0.537. The first-order chi connectivity index (χ1) is 37.0. The summed E-state index contributed by atoms with van der Waals surface area (Å²) in [7, 11) is 0. The molecule has 0 aliphatic carbocycles. The summed E-state index contributed by atoms with van der Waals surface area (Å²) in [6, 6.07) is 92.3. The predicted octanol–water partition coefficient (Wildman–Crippen LogP) is 16.8. The third kappa shape index (κ3) is 8.76. The molecule has 12 rings (SSSR count). The zero-order valence-corrected chi connectivity index (χ0v) is 40.3. The van der Waals surface area contributed by atoms with E-state index >= 15 is 0 Å². The van der Waals surface area contributed by atoms with Crippen molar-refractivity contribution >= 4 is 55.9 Å². The second-order valence-electron chi connectivity index (χ2n) is 18.0. The standard InChI is InChI=1S/C67H42N8/c68-43-46-21-29-55(30-22-46)74(56-31-23-47(44-69)24-32-56)59-35-38-66-62(41-59)61-40-58(73(53-17-9-3-10-18-53)54-19-11-4-12-20-54)34-37-65(61)75(66)57-33-36-60(52(39-57)45-70)48-25-27-50(28-26-48)64-42-63(49-13-5-1-6-14-49)71-67(72-64)51-15-7-2-8-16-51/h1-42H. The van der Waals surface area contributed by atoms with Crippen molar-refractivity contribution in [3.8, 4) is 68.9 Å². The van der Waals surface area contributed by atoms with E-state index in [1.807, 2.05) is 127 Å². The molecule has 0 aliphatic heterocycles. The van der Waals surface area contributed by atoms with Gasteiger partial charge in [0, 0.05) is 67.3 Å². The Morgan fingerprint density at radius 1 is 0.333 bits per heavy atom. The third-order valence-electron chi connectivity index (χ3n) is 13.5. The van der Waals surface area contributed by atoms with E-state index in [-0.39, 0.29) is 0 Å². The largest absolute Gasteiger partial charge is 0.310 e. The molecule has 0 amide bonds. The number of hydrogen-bond acceptors (Lipinski definition) is 7. The van der Waals surface area contributed by atoms with E-state index in [4.69, 9.17) is 9.97 Å². The molecule has 0 bridgehead atoms. The van der Waals surface area contributed by atoms with Gasteiger partial charge in [-0.2, -0.15) is 15.8 Å². The summed E-state index contributed by atoms with van der Waals surface area (Å²) < 4.78 is 2.23. The van der Waals surface area contributed by atoms with Crippen LogP contribution in [0.2, 0.25) is 0 Å². The Morgan fingerprint density at radius 3 is 1.21 bits per heavy atom. The van der Waals surface area contributed by atoms with Crippen LogP contribution in [0.5, 0.6) is 0 Å². The molecule has 10 aromatic carbocycles. The number of benzene rings is 10. The van der Waals surface area contributed by atoms with Crippen molar-refractivity contribution in [3.63, 3.8) is 0 Å². The highest BCUT2D eigenvalue weighted by Crippen LogP contribution is 2.43. The maximum absolute atomic E-state index is 10.9. The van der Waals surface area contributed by atoms with Crippen molar-refractivity contribution in [3.05, 3.63) is 271 Å². The van der Waals surface area contributed by atoms with Gasteiger partial charge in [-0.15, -0.1) is 0 Å². The normalized spacial score (nSPS) is 10.9. The van der Waals surface area contributed by atoms with Gasteiger partial charge >= 0.3 is 0 Å². The highest BCUT2D eigenvalue weighted by atomic mass is 15.1. The van der Waals surface area contributed by atoms with Crippen molar-refractivity contribution in [1.29, 1.82) is 15.8 Å². The first-order valence-corrected chi connectivity index (χ1v) is 24.5. The number of para-hydroxylation sites is 2. The van der Waals surface area contributed by atoms with E-state index in [1.165, 1.54) is 0 Å². The summed E-state index contributed by atoms with van der Waals surface area (Å²) in [6.45, 7) is 0. The van der Waals surface area contributed by atoms with Gasteiger partial charge in [0.1, 0.15) is 0 Å². The number of nitrogens with zero attached hydrogens (tertiary/aromatic N) is 8. The van der Waals surface area contributed by atoms with Crippen LogP contribution in [-0.2, 0) is 0 Å². The van der Waals surface area contributed by atoms with Crippen molar-refractivity contribution in [2.24, 2.45) is 0 Å². The van der Waals surface area contributed by atoms with Crippen molar-refractivity contribution < 1.29 is 0 Å². The van der Waals surface area contributed by atoms with Crippen LogP contribution >= 0.6 is 0 Å². The highest BCUT2D eigenvalue weighted by Gasteiger charge is 2.21. The lowest BCUT2D eigenvalue weighted by Crippen LogP contribution is -2.10. The lowest BCUT2D eigenvalue weighted by molar-refractivity contribution is 1.17. The fourth-order valence-corrected chi connectivity index (χ4v) is 9.88. The smallest absolute Gasteiger partial charge is 0.160 e. The zero-order valence-electron chi connectivity index (χ0n) is 40.3. The molecule has 0 atom stereocenters. The van der Waals surface area contributed by atoms with Gasteiger partial charge in [-0.05, 0) is 139 Å². The van der Waals surface area contributed by atoms with Gasteiger partial charge in [0.2, 0.25) is 0 Å². The Balaban J connectivity index is 0.990. The number of aromatic nitrogens is 3. The highest BCUT2D eigenvalue weighted by molar-refractivity contribution is 6.12. The van der Waals surface area contributed by atoms with E-state index in [1.54, 1.807) is 0 Å². The monoisotopic (exact) mass is 958 g/mol. The summed E-state index contributed by atoms with van der Waals surface area (Å²) >= 11 is 0. The van der Waals surface area contributed by atoms with Gasteiger partial charge < -0.3 is 14.4 Å². The molecule has 0 spiro atoms. The predicted molar refractivity (Wildman–Crippen MR) is 302 cm³/mol. The zero-order chi connectivity index (χ0) is 50.7. The average Bonchev–Trinajstić information content (AvgIpc) is 3.81. The van der Waals surface area contributed by atoms with Gasteiger partial charge in [0.05, 0.1) is 57.3 Å². The number of nitriles is 3. The molecule has 8 nitrogen and oxygen atoms in total. The summed E-state index contributed by atoms with van der Waals surface area (Å²) in [5, 5.41) is 32.3. The lowest BCUT2D eigenvalue weighted by Gasteiger charge is -2.26. The number of hydrogen-bond donors (Lipinski definition) is 0. The van der Waals surface area contributed by atoms with Gasteiger partial charge in [0.25, 0.3) is 0 Å².